The number of aryl methyl sites for hydroxylation is 1. The predicted molar refractivity (Wildman–Crippen MR) is 121 cm³/mol. The fourth-order valence-corrected chi connectivity index (χ4v) is 4.54. The number of thiazole rings is 1. The number of carbonyl (C=O) groups is 2. The van der Waals surface area contributed by atoms with Crippen LogP contribution in [-0.4, -0.2) is 59.4 Å². The second-order valence-corrected chi connectivity index (χ2v) is 8.52. The average molecular weight is 436 g/mol. The van der Waals surface area contributed by atoms with Gasteiger partial charge in [0.15, 0.2) is 6.61 Å². The Labute approximate surface area is 186 Å². The molecule has 0 saturated carbocycles. The molecule has 0 unspecified atom stereocenters. The number of ether oxygens (including phenoxy) is 1. The van der Waals surface area contributed by atoms with Gasteiger partial charge in [0.1, 0.15) is 9.88 Å². The summed E-state index contributed by atoms with van der Waals surface area (Å²) >= 11 is 1.29. The van der Waals surface area contributed by atoms with Gasteiger partial charge in [0, 0.05) is 38.3 Å². The number of hydrogen-bond acceptors (Lipinski definition) is 6. The Morgan fingerprint density at radius 2 is 1.61 bits per heavy atom. The third-order valence-corrected chi connectivity index (χ3v) is 6.49. The molecule has 2 aromatic carbocycles. The van der Waals surface area contributed by atoms with E-state index in [9.17, 15) is 9.59 Å². The molecule has 1 saturated heterocycles. The van der Waals surface area contributed by atoms with Gasteiger partial charge in [-0.25, -0.2) is 9.78 Å². The van der Waals surface area contributed by atoms with Crippen LogP contribution < -0.4 is 0 Å². The van der Waals surface area contributed by atoms with Crippen LogP contribution >= 0.6 is 11.3 Å². The molecule has 3 aromatic rings. The molecule has 1 amide bonds. The summed E-state index contributed by atoms with van der Waals surface area (Å²) in [7, 11) is 0. The quantitative estimate of drug-likeness (QED) is 0.554. The molecule has 6 nitrogen and oxygen atoms in total. The van der Waals surface area contributed by atoms with E-state index in [4.69, 9.17) is 4.74 Å². The van der Waals surface area contributed by atoms with E-state index in [-0.39, 0.29) is 12.5 Å². The van der Waals surface area contributed by atoms with Crippen molar-refractivity contribution in [2.75, 3.05) is 32.8 Å². The summed E-state index contributed by atoms with van der Waals surface area (Å²) in [5, 5.41) is 0.769. The van der Waals surface area contributed by atoms with Gasteiger partial charge in [-0.05, 0) is 12.5 Å². The van der Waals surface area contributed by atoms with Gasteiger partial charge >= 0.3 is 5.97 Å². The first-order chi connectivity index (χ1) is 15.1. The molecule has 0 atom stereocenters. The van der Waals surface area contributed by atoms with Crippen molar-refractivity contribution in [1.82, 2.24) is 14.8 Å². The van der Waals surface area contributed by atoms with Crippen LogP contribution in [0.15, 0.2) is 60.7 Å². The van der Waals surface area contributed by atoms with Crippen LogP contribution in [0.5, 0.6) is 0 Å². The Morgan fingerprint density at radius 1 is 0.968 bits per heavy atom. The maximum atomic E-state index is 12.5. The van der Waals surface area contributed by atoms with Crippen molar-refractivity contribution in [2.24, 2.45) is 0 Å². The molecule has 1 fully saturated rings. The van der Waals surface area contributed by atoms with E-state index in [0.29, 0.717) is 23.7 Å². The van der Waals surface area contributed by atoms with Gasteiger partial charge in [0.25, 0.3) is 5.91 Å². The summed E-state index contributed by atoms with van der Waals surface area (Å²) in [6, 6.07) is 20.0. The molecule has 160 valence electrons. The van der Waals surface area contributed by atoms with Crippen molar-refractivity contribution in [3.05, 3.63) is 76.8 Å². The molecule has 31 heavy (non-hydrogen) atoms. The Balaban J connectivity index is 1.26. The molecule has 4 rings (SSSR count). The molecule has 0 aliphatic carbocycles. The summed E-state index contributed by atoms with van der Waals surface area (Å²) in [6.07, 6.45) is 0. The minimum Gasteiger partial charge on any atom is -0.451 e. The zero-order chi connectivity index (χ0) is 21.6. The second kappa shape index (κ2) is 9.85. The number of hydrogen-bond donors (Lipinski definition) is 0. The van der Waals surface area contributed by atoms with E-state index in [1.165, 1.54) is 16.9 Å². The Morgan fingerprint density at radius 3 is 2.29 bits per heavy atom. The highest BCUT2D eigenvalue weighted by molar-refractivity contribution is 7.17. The van der Waals surface area contributed by atoms with Crippen molar-refractivity contribution >= 4 is 23.2 Å². The minimum absolute atomic E-state index is 0.154. The standard InChI is InChI=1S/C24H25N3O3S/c1-18-22(31-23(25-18)20-10-6-3-7-11-20)24(29)30-17-21(28)27-14-12-26(13-15-27)16-19-8-4-2-5-9-19/h2-11H,12-17H2,1H3. The summed E-state index contributed by atoms with van der Waals surface area (Å²) < 4.78 is 5.32. The fourth-order valence-electron chi connectivity index (χ4n) is 3.57. The Hall–Kier alpha value is -3.03. The predicted octanol–water partition coefficient (Wildman–Crippen LogP) is 3.62. The molecule has 1 aliphatic rings. The topological polar surface area (TPSA) is 62.7 Å². The SMILES string of the molecule is Cc1nc(-c2ccccc2)sc1C(=O)OCC(=O)N1CCN(Cc2ccccc2)CC1. The lowest BCUT2D eigenvalue weighted by atomic mass is 10.2. The van der Waals surface area contributed by atoms with Gasteiger partial charge in [-0.15, -0.1) is 11.3 Å². The zero-order valence-corrected chi connectivity index (χ0v) is 18.3. The third kappa shape index (κ3) is 5.37. The van der Waals surface area contributed by atoms with E-state index >= 15 is 0 Å². The van der Waals surface area contributed by atoms with Crippen molar-refractivity contribution in [2.45, 2.75) is 13.5 Å². The smallest absolute Gasteiger partial charge is 0.350 e. The van der Waals surface area contributed by atoms with Gasteiger partial charge in [-0.2, -0.15) is 0 Å². The number of carbonyl (C=O) groups excluding carboxylic acids is 2. The van der Waals surface area contributed by atoms with Crippen molar-refractivity contribution in [3.63, 3.8) is 0 Å². The maximum absolute atomic E-state index is 12.5. The van der Waals surface area contributed by atoms with E-state index in [1.807, 2.05) is 48.5 Å². The lowest BCUT2D eigenvalue weighted by Crippen LogP contribution is -2.49. The number of nitrogens with zero attached hydrogens (tertiary/aromatic N) is 3. The van der Waals surface area contributed by atoms with Crippen LogP contribution in [0.3, 0.4) is 0 Å². The van der Waals surface area contributed by atoms with Crippen LogP contribution in [0, 0.1) is 6.92 Å². The van der Waals surface area contributed by atoms with Gasteiger partial charge in [0.05, 0.1) is 5.69 Å². The average Bonchev–Trinajstić information content (AvgIpc) is 3.21. The number of piperazine rings is 1. The number of rotatable bonds is 6. The minimum atomic E-state index is -0.492. The van der Waals surface area contributed by atoms with Crippen LogP contribution in [-0.2, 0) is 16.1 Å². The monoisotopic (exact) mass is 435 g/mol. The normalized spacial score (nSPS) is 14.4. The first kappa shape index (κ1) is 21.2. The van der Waals surface area contributed by atoms with Crippen LogP contribution in [0.25, 0.3) is 10.6 Å². The third-order valence-electron chi connectivity index (χ3n) is 5.30. The number of benzene rings is 2. The highest BCUT2D eigenvalue weighted by atomic mass is 32.1. The lowest BCUT2D eigenvalue weighted by Gasteiger charge is -2.34. The number of amides is 1. The summed E-state index contributed by atoms with van der Waals surface area (Å²) in [5.74, 6) is -0.647. The molecule has 0 radical (unpaired) electrons. The summed E-state index contributed by atoms with van der Waals surface area (Å²) in [5.41, 5.74) is 2.85. The highest BCUT2D eigenvalue weighted by Gasteiger charge is 2.23. The lowest BCUT2D eigenvalue weighted by molar-refractivity contribution is -0.136. The molecule has 0 N–H and O–H groups in total. The van der Waals surface area contributed by atoms with Crippen molar-refractivity contribution in [3.8, 4) is 10.6 Å². The first-order valence-electron chi connectivity index (χ1n) is 10.3. The van der Waals surface area contributed by atoms with Gasteiger partial charge < -0.3 is 9.64 Å². The number of aromatic nitrogens is 1. The molecule has 2 heterocycles. The van der Waals surface area contributed by atoms with Gasteiger partial charge in [0.2, 0.25) is 0 Å². The molecule has 0 spiro atoms. The van der Waals surface area contributed by atoms with Crippen LogP contribution in [0.4, 0.5) is 0 Å². The van der Waals surface area contributed by atoms with E-state index < -0.39 is 5.97 Å². The second-order valence-electron chi connectivity index (χ2n) is 7.52. The largest absolute Gasteiger partial charge is 0.451 e. The Kier molecular flexibility index (Phi) is 6.74. The van der Waals surface area contributed by atoms with Gasteiger partial charge in [-0.1, -0.05) is 60.7 Å². The summed E-state index contributed by atoms with van der Waals surface area (Å²) in [4.78, 5) is 34.1. The highest BCUT2D eigenvalue weighted by Crippen LogP contribution is 2.28. The Bertz CT molecular complexity index is 1030. The van der Waals surface area contributed by atoms with Crippen LogP contribution in [0.2, 0.25) is 0 Å². The van der Waals surface area contributed by atoms with Gasteiger partial charge in [-0.3, -0.25) is 9.69 Å². The molecular weight excluding hydrogens is 410 g/mol. The zero-order valence-electron chi connectivity index (χ0n) is 17.5. The first-order valence-corrected chi connectivity index (χ1v) is 11.2. The molecule has 1 aromatic heterocycles. The molecular formula is C24H25N3O3S. The number of esters is 1. The van der Waals surface area contributed by atoms with E-state index in [2.05, 4.69) is 22.0 Å². The fraction of sp³-hybridized carbons (Fsp3) is 0.292. The molecule has 1 aliphatic heterocycles. The maximum Gasteiger partial charge on any atom is 0.350 e. The molecule has 7 heteroatoms. The molecule has 0 bridgehead atoms. The van der Waals surface area contributed by atoms with E-state index in [0.717, 1.165) is 30.2 Å². The van der Waals surface area contributed by atoms with Crippen molar-refractivity contribution < 1.29 is 14.3 Å². The van der Waals surface area contributed by atoms with Crippen molar-refractivity contribution in [1.29, 1.82) is 0 Å². The summed E-state index contributed by atoms with van der Waals surface area (Å²) in [6.45, 7) is 5.32. The van der Waals surface area contributed by atoms with Crippen LogP contribution in [0.1, 0.15) is 20.9 Å². The van der Waals surface area contributed by atoms with E-state index in [1.54, 1.807) is 11.8 Å².